The van der Waals surface area contributed by atoms with Gasteiger partial charge in [0, 0.05) is 17.8 Å². The fourth-order valence-corrected chi connectivity index (χ4v) is 3.38. The first-order chi connectivity index (χ1) is 9.21. The Labute approximate surface area is 114 Å². The van der Waals surface area contributed by atoms with Crippen molar-refractivity contribution in [3.05, 3.63) is 42.2 Å². The van der Waals surface area contributed by atoms with E-state index < -0.39 is 0 Å². The second-order valence-electron chi connectivity index (χ2n) is 6.06. The molecule has 1 aromatic heterocycles. The van der Waals surface area contributed by atoms with Gasteiger partial charge in [0.15, 0.2) is 0 Å². The standard InChI is InChI=1S/C17H21NO/c1-17(9-3-2-4-10-17)16(19)14-7-5-6-13-8-11-18-12-15(13)14/h5-8,11-12,16,19H,2-4,9-10H2,1H3. The van der Waals surface area contributed by atoms with Crippen LogP contribution in [0.25, 0.3) is 10.8 Å². The van der Waals surface area contributed by atoms with Crippen molar-refractivity contribution in [2.45, 2.75) is 45.1 Å². The minimum atomic E-state index is -0.388. The zero-order valence-corrected chi connectivity index (χ0v) is 11.5. The lowest BCUT2D eigenvalue weighted by Gasteiger charge is -2.38. The molecular weight excluding hydrogens is 234 g/mol. The first-order valence-corrected chi connectivity index (χ1v) is 7.21. The molecule has 3 rings (SSSR count). The second-order valence-corrected chi connectivity index (χ2v) is 6.06. The summed E-state index contributed by atoms with van der Waals surface area (Å²) in [7, 11) is 0. The molecule has 2 nitrogen and oxygen atoms in total. The minimum absolute atomic E-state index is 0.0162. The molecule has 19 heavy (non-hydrogen) atoms. The lowest BCUT2D eigenvalue weighted by atomic mass is 9.69. The number of aliphatic hydroxyl groups is 1. The van der Waals surface area contributed by atoms with E-state index in [1.54, 1.807) is 6.20 Å². The zero-order chi connectivity index (χ0) is 13.3. The maximum atomic E-state index is 10.9. The monoisotopic (exact) mass is 255 g/mol. The summed E-state index contributed by atoms with van der Waals surface area (Å²) in [5.74, 6) is 0. The number of nitrogens with zero attached hydrogens (tertiary/aromatic N) is 1. The Balaban J connectivity index is 2.03. The Morgan fingerprint density at radius 1 is 1.16 bits per heavy atom. The summed E-state index contributed by atoms with van der Waals surface area (Å²) >= 11 is 0. The van der Waals surface area contributed by atoms with Crippen molar-refractivity contribution in [1.29, 1.82) is 0 Å². The lowest BCUT2D eigenvalue weighted by Crippen LogP contribution is -2.28. The largest absolute Gasteiger partial charge is 0.388 e. The summed E-state index contributed by atoms with van der Waals surface area (Å²) in [5, 5.41) is 13.1. The lowest BCUT2D eigenvalue weighted by molar-refractivity contribution is 0.00919. The highest BCUT2D eigenvalue weighted by Gasteiger charge is 2.35. The van der Waals surface area contributed by atoms with Crippen LogP contribution in [0, 0.1) is 5.41 Å². The number of hydrogen-bond acceptors (Lipinski definition) is 2. The SMILES string of the molecule is CC1(C(O)c2cccc3ccncc23)CCCCC1. The van der Waals surface area contributed by atoms with E-state index in [2.05, 4.69) is 24.0 Å². The molecular formula is C17H21NO. The quantitative estimate of drug-likeness (QED) is 0.870. The van der Waals surface area contributed by atoms with E-state index >= 15 is 0 Å². The number of pyridine rings is 1. The number of aromatic nitrogens is 1. The molecule has 0 saturated heterocycles. The number of aliphatic hydroxyl groups excluding tert-OH is 1. The molecule has 2 aromatic rings. The Hall–Kier alpha value is -1.41. The zero-order valence-electron chi connectivity index (χ0n) is 11.5. The summed E-state index contributed by atoms with van der Waals surface area (Å²) in [4.78, 5) is 4.21. The molecule has 1 N–H and O–H groups in total. The van der Waals surface area contributed by atoms with Gasteiger partial charge in [0.25, 0.3) is 0 Å². The Kier molecular flexibility index (Phi) is 3.28. The van der Waals surface area contributed by atoms with Gasteiger partial charge in [0.1, 0.15) is 0 Å². The van der Waals surface area contributed by atoms with Crippen molar-refractivity contribution in [2.24, 2.45) is 5.41 Å². The molecule has 2 heteroatoms. The van der Waals surface area contributed by atoms with E-state index in [1.165, 1.54) is 19.3 Å². The first-order valence-electron chi connectivity index (χ1n) is 7.21. The van der Waals surface area contributed by atoms with Gasteiger partial charge < -0.3 is 5.11 Å². The highest BCUT2D eigenvalue weighted by Crippen LogP contribution is 2.46. The van der Waals surface area contributed by atoms with Crippen LogP contribution in [0.5, 0.6) is 0 Å². The van der Waals surface area contributed by atoms with Crippen molar-refractivity contribution >= 4 is 10.8 Å². The molecule has 1 fully saturated rings. The van der Waals surface area contributed by atoms with Gasteiger partial charge >= 0.3 is 0 Å². The van der Waals surface area contributed by atoms with Crippen molar-refractivity contribution < 1.29 is 5.11 Å². The smallest absolute Gasteiger partial charge is 0.0850 e. The maximum Gasteiger partial charge on any atom is 0.0850 e. The third-order valence-electron chi connectivity index (χ3n) is 4.67. The second kappa shape index (κ2) is 4.93. The number of fused-ring (bicyclic) bond motifs is 1. The average molecular weight is 255 g/mol. The third kappa shape index (κ3) is 2.25. The fraction of sp³-hybridized carbons (Fsp3) is 0.471. The van der Waals surface area contributed by atoms with Crippen LogP contribution in [-0.2, 0) is 0 Å². The van der Waals surface area contributed by atoms with Crippen molar-refractivity contribution in [2.75, 3.05) is 0 Å². The van der Waals surface area contributed by atoms with E-state index in [0.717, 1.165) is 29.2 Å². The predicted octanol–water partition coefficient (Wildman–Crippen LogP) is 4.24. The average Bonchev–Trinajstić information content (AvgIpc) is 2.47. The molecule has 0 bridgehead atoms. The highest BCUT2D eigenvalue weighted by atomic mass is 16.3. The number of rotatable bonds is 2. The van der Waals surface area contributed by atoms with Gasteiger partial charge in [0.05, 0.1) is 6.10 Å². The molecule has 0 amide bonds. The topological polar surface area (TPSA) is 33.1 Å². The molecule has 1 heterocycles. The van der Waals surface area contributed by atoms with Crippen molar-refractivity contribution in [1.82, 2.24) is 4.98 Å². The fourth-order valence-electron chi connectivity index (χ4n) is 3.38. The van der Waals surface area contributed by atoms with Gasteiger partial charge in [-0.05, 0) is 35.3 Å². The molecule has 100 valence electrons. The number of benzene rings is 1. The first kappa shape index (κ1) is 12.6. The van der Waals surface area contributed by atoms with E-state index in [1.807, 2.05) is 18.3 Å². The Bertz CT molecular complexity index is 567. The molecule has 1 saturated carbocycles. The van der Waals surface area contributed by atoms with Gasteiger partial charge in [-0.25, -0.2) is 0 Å². The van der Waals surface area contributed by atoms with Gasteiger partial charge in [-0.1, -0.05) is 44.4 Å². The summed E-state index contributed by atoms with van der Waals surface area (Å²) in [6.07, 6.45) is 9.30. The maximum absolute atomic E-state index is 10.9. The molecule has 1 atom stereocenters. The van der Waals surface area contributed by atoms with Crippen LogP contribution >= 0.6 is 0 Å². The van der Waals surface area contributed by atoms with Crippen molar-refractivity contribution in [3.8, 4) is 0 Å². The molecule has 1 unspecified atom stereocenters. The molecule has 1 aliphatic rings. The van der Waals surface area contributed by atoms with Gasteiger partial charge in [0.2, 0.25) is 0 Å². The van der Waals surface area contributed by atoms with Crippen LogP contribution in [0.15, 0.2) is 36.7 Å². The van der Waals surface area contributed by atoms with Crippen LogP contribution < -0.4 is 0 Å². The van der Waals surface area contributed by atoms with Gasteiger partial charge in [-0.3, -0.25) is 4.98 Å². The molecule has 1 aliphatic carbocycles. The van der Waals surface area contributed by atoms with E-state index in [4.69, 9.17) is 0 Å². The van der Waals surface area contributed by atoms with E-state index in [-0.39, 0.29) is 11.5 Å². The van der Waals surface area contributed by atoms with Gasteiger partial charge in [-0.2, -0.15) is 0 Å². The number of hydrogen-bond donors (Lipinski definition) is 1. The minimum Gasteiger partial charge on any atom is -0.388 e. The summed E-state index contributed by atoms with van der Waals surface area (Å²) < 4.78 is 0. The third-order valence-corrected chi connectivity index (χ3v) is 4.67. The normalized spacial score (nSPS) is 20.3. The van der Waals surface area contributed by atoms with E-state index in [0.29, 0.717) is 0 Å². The Morgan fingerprint density at radius 2 is 1.95 bits per heavy atom. The summed E-state index contributed by atoms with van der Waals surface area (Å²) in [5.41, 5.74) is 1.05. The van der Waals surface area contributed by atoms with Crippen LogP contribution in [0.4, 0.5) is 0 Å². The van der Waals surface area contributed by atoms with E-state index in [9.17, 15) is 5.11 Å². The van der Waals surface area contributed by atoms with Crippen LogP contribution in [0.3, 0.4) is 0 Å². The molecule has 0 radical (unpaired) electrons. The van der Waals surface area contributed by atoms with Crippen LogP contribution in [0.2, 0.25) is 0 Å². The summed E-state index contributed by atoms with van der Waals surface area (Å²) in [6.45, 7) is 2.23. The Morgan fingerprint density at radius 3 is 2.74 bits per heavy atom. The molecule has 0 aliphatic heterocycles. The highest BCUT2D eigenvalue weighted by molar-refractivity contribution is 5.85. The van der Waals surface area contributed by atoms with Crippen molar-refractivity contribution in [3.63, 3.8) is 0 Å². The van der Waals surface area contributed by atoms with Crippen LogP contribution in [-0.4, -0.2) is 10.1 Å². The molecule has 0 spiro atoms. The predicted molar refractivity (Wildman–Crippen MR) is 77.9 cm³/mol. The summed E-state index contributed by atoms with van der Waals surface area (Å²) in [6, 6.07) is 8.17. The van der Waals surface area contributed by atoms with Gasteiger partial charge in [-0.15, -0.1) is 0 Å². The van der Waals surface area contributed by atoms with Crippen LogP contribution in [0.1, 0.15) is 50.7 Å². The molecule has 1 aromatic carbocycles.